The van der Waals surface area contributed by atoms with Crippen molar-refractivity contribution in [2.24, 2.45) is 5.10 Å². The van der Waals surface area contributed by atoms with Gasteiger partial charge < -0.3 is 4.74 Å². The van der Waals surface area contributed by atoms with Gasteiger partial charge in [0.05, 0.1) is 36.1 Å². The molecule has 1 N–H and O–H groups in total. The van der Waals surface area contributed by atoms with Gasteiger partial charge in [-0.2, -0.15) is 5.10 Å². The van der Waals surface area contributed by atoms with E-state index < -0.39 is 0 Å². The van der Waals surface area contributed by atoms with E-state index in [1.54, 1.807) is 6.20 Å². The van der Waals surface area contributed by atoms with Gasteiger partial charge in [0.1, 0.15) is 11.4 Å². The zero-order valence-electron chi connectivity index (χ0n) is 14.5. The molecule has 6 nitrogen and oxygen atoms in total. The summed E-state index contributed by atoms with van der Waals surface area (Å²) in [7, 11) is 0. The molecule has 26 heavy (non-hydrogen) atoms. The highest BCUT2D eigenvalue weighted by molar-refractivity contribution is 6.01. The van der Waals surface area contributed by atoms with Gasteiger partial charge in [-0.1, -0.05) is 30.3 Å². The second-order valence-corrected chi connectivity index (χ2v) is 6.17. The van der Waals surface area contributed by atoms with Crippen LogP contribution in [0.15, 0.2) is 65.9 Å². The predicted octanol–water partition coefficient (Wildman–Crippen LogP) is 2.78. The lowest BCUT2D eigenvalue weighted by molar-refractivity contribution is 0.0453. The number of rotatable bonds is 5. The smallest absolute Gasteiger partial charge is 0.107 e. The molecule has 4 rings (SSSR count). The number of anilines is 1. The Morgan fingerprint density at radius 3 is 2.54 bits per heavy atom. The van der Waals surface area contributed by atoms with E-state index in [0.29, 0.717) is 6.54 Å². The van der Waals surface area contributed by atoms with Crippen LogP contribution >= 0.6 is 0 Å². The van der Waals surface area contributed by atoms with Crippen molar-refractivity contribution in [2.45, 2.75) is 0 Å². The average Bonchev–Trinajstić information content (AvgIpc) is 2.72. The van der Waals surface area contributed by atoms with E-state index in [4.69, 9.17) is 9.72 Å². The quantitative estimate of drug-likeness (QED) is 0.568. The summed E-state index contributed by atoms with van der Waals surface area (Å²) in [6.07, 6.45) is 1.80. The van der Waals surface area contributed by atoms with Crippen LogP contribution in [0.1, 0.15) is 5.69 Å². The number of ether oxygens (including phenoxy) is 1. The maximum atomic E-state index is 5.45. The summed E-state index contributed by atoms with van der Waals surface area (Å²) in [5.41, 5.74) is 7.51. The van der Waals surface area contributed by atoms with Gasteiger partial charge >= 0.3 is 0 Å². The highest BCUT2D eigenvalue weighted by Crippen LogP contribution is 2.11. The number of hydrazone groups is 1. The molecular weight excluding hydrogens is 326 g/mol. The Bertz CT molecular complexity index is 891. The minimum absolute atomic E-state index is 0.705. The monoisotopic (exact) mass is 347 g/mol. The summed E-state index contributed by atoms with van der Waals surface area (Å²) in [5, 5.41) is 4.65. The van der Waals surface area contributed by atoms with E-state index in [0.717, 1.165) is 54.4 Å². The molecule has 2 aromatic carbocycles. The van der Waals surface area contributed by atoms with Crippen molar-refractivity contribution in [1.29, 1.82) is 0 Å². The molecule has 6 heteroatoms. The van der Waals surface area contributed by atoms with Gasteiger partial charge in [-0.05, 0) is 24.3 Å². The largest absolute Gasteiger partial charge is 0.379 e. The number of morpholine rings is 1. The Morgan fingerprint density at radius 1 is 1.00 bits per heavy atom. The average molecular weight is 347 g/mol. The lowest BCUT2D eigenvalue weighted by Gasteiger charge is -2.26. The van der Waals surface area contributed by atoms with E-state index in [1.165, 1.54) is 0 Å². The first-order valence-electron chi connectivity index (χ1n) is 8.78. The molecule has 0 amide bonds. The van der Waals surface area contributed by atoms with Gasteiger partial charge in [-0.15, -0.1) is 0 Å². The first-order chi connectivity index (χ1) is 12.9. The third kappa shape index (κ3) is 4.04. The van der Waals surface area contributed by atoms with Crippen molar-refractivity contribution >= 4 is 22.4 Å². The van der Waals surface area contributed by atoms with Crippen molar-refractivity contribution < 1.29 is 4.74 Å². The van der Waals surface area contributed by atoms with Crippen molar-refractivity contribution in [3.8, 4) is 0 Å². The molecule has 0 unspecified atom stereocenters. The van der Waals surface area contributed by atoms with Crippen LogP contribution in [0.2, 0.25) is 0 Å². The Hall–Kier alpha value is -2.83. The summed E-state index contributed by atoms with van der Waals surface area (Å²) < 4.78 is 5.45. The topological polar surface area (TPSA) is 62.6 Å². The molecule has 1 aliphatic heterocycles. The fourth-order valence-electron chi connectivity index (χ4n) is 2.89. The van der Waals surface area contributed by atoms with Crippen LogP contribution in [-0.2, 0) is 4.74 Å². The van der Waals surface area contributed by atoms with E-state index in [9.17, 15) is 0 Å². The summed E-state index contributed by atoms with van der Waals surface area (Å²) >= 11 is 0. The number of para-hydroxylation sites is 3. The van der Waals surface area contributed by atoms with Crippen LogP contribution in [0, 0.1) is 0 Å². The molecule has 0 radical (unpaired) electrons. The fraction of sp³-hybridized carbons (Fsp3) is 0.250. The molecular formula is C20H21N5O. The Balaban J connectivity index is 1.63. The van der Waals surface area contributed by atoms with E-state index in [-0.39, 0.29) is 0 Å². The van der Waals surface area contributed by atoms with E-state index in [2.05, 4.69) is 20.4 Å². The van der Waals surface area contributed by atoms with Gasteiger partial charge in [-0.25, -0.2) is 4.98 Å². The molecule has 1 aromatic heterocycles. The molecule has 1 saturated heterocycles. The molecule has 132 valence electrons. The molecule has 0 saturated carbocycles. The van der Waals surface area contributed by atoms with Gasteiger partial charge in [0.2, 0.25) is 0 Å². The number of hydrogen-bond donors (Lipinski definition) is 1. The molecule has 0 atom stereocenters. The zero-order valence-corrected chi connectivity index (χ0v) is 14.5. The molecule has 2 heterocycles. The minimum Gasteiger partial charge on any atom is -0.379 e. The van der Waals surface area contributed by atoms with Gasteiger partial charge in [0.25, 0.3) is 0 Å². The summed E-state index contributed by atoms with van der Waals surface area (Å²) in [6, 6.07) is 17.8. The molecule has 1 fully saturated rings. The highest BCUT2D eigenvalue weighted by atomic mass is 16.5. The third-order valence-corrected chi connectivity index (χ3v) is 4.32. The second-order valence-electron chi connectivity index (χ2n) is 6.17. The Morgan fingerprint density at radius 2 is 1.73 bits per heavy atom. The fourth-order valence-corrected chi connectivity index (χ4v) is 2.89. The number of hydrogen-bond acceptors (Lipinski definition) is 6. The summed E-state index contributed by atoms with van der Waals surface area (Å²) in [6.45, 7) is 4.00. The number of fused-ring (bicyclic) bond motifs is 1. The zero-order chi connectivity index (χ0) is 17.6. The number of benzene rings is 2. The number of nitrogens with zero attached hydrogens (tertiary/aromatic N) is 4. The van der Waals surface area contributed by atoms with Crippen molar-refractivity contribution in [2.75, 3.05) is 38.3 Å². The summed E-state index contributed by atoms with van der Waals surface area (Å²) in [5.74, 6) is 0. The number of aromatic nitrogens is 2. The standard InChI is InChI=1S/C20H21N5O/c1-2-6-16(7-3-1)23-24-20(15-25-10-12-26-13-11-25)19-14-21-17-8-4-5-9-18(17)22-19/h1-9,14,23H,10-13,15H2. The molecule has 0 aliphatic carbocycles. The second kappa shape index (κ2) is 8.03. The highest BCUT2D eigenvalue weighted by Gasteiger charge is 2.16. The van der Waals surface area contributed by atoms with Crippen LogP contribution in [0.25, 0.3) is 11.0 Å². The third-order valence-electron chi connectivity index (χ3n) is 4.32. The van der Waals surface area contributed by atoms with Crippen molar-refractivity contribution in [3.63, 3.8) is 0 Å². The van der Waals surface area contributed by atoms with Gasteiger partial charge in [0, 0.05) is 19.6 Å². The molecule has 0 spiro atoms. The molecule has 1 aliphatic rings. The van der Waals surface area contributed by atoms with Gasteiger partial charge in [-0.3, -0.25) is 15.3 Å². The maximum absolute atomic E-state index is 5.45. The first-order valence-corrected chi connectivity index (χ1v) is 8.78. The Labute approximate surface area is 152 Å². The lowest BCUT2D eigenvalue weighted by atomic mass is 10.2. The van der Waals surface area contributed by atoms with E-state index in [1.807, 2.05) is 54.6 Å². The Kier molecular flexibility index (Phi) is 5.14. The van der Waals surface area contributed by atoms with Crippen molar-refractivity contribution in [3.05, 3.63) is 66.5 Å². The SMILES string of the molecule is c1ccc(NN=C(CN2CCOCC2)c2cnc3ccccc3n2)cc1. The predicted molar refractivity (Wildman–Crippen MR) is 103 cm³/mol. The lowest BCUT2D eigenvalue weighted by Crippen LogP contribution is -2.40. The van der Waals surface area contributed by atoms with Crippen molar-refractivity contribution in [1.82, 2.24) is 14.9 Å². The molecule has 0 bridgehead atoms. The maximum Gasteiger partial charge on any atom is 0.107 e. The van der Waals surface area contributed by atoms with Gasteiger partial charge in [0.15, 0.2) is 0 Å². The molecule has 3 aromatic rings. The van der Waals surface area contributed by atoms with Crippen LogP contribution in [-0.4, -0.2) is 53.4 Å². The van der Waals surface area contributed by atoms with E-state index >= 15 is 0 Å². The van der Waals surface area contributed by atoms with Crippen LogP contribution in [0.3, 0.4) is 0 Å². The summed E-state index contributed by atoms with van der Waals surface area (Å²) in [4.78, 5) is 11.6. The first kappa shape index (κ1) is 16.6. The minimum atomic E-state index is 0.705. The number of nitrogens with one attached hydrogen (secondary N) is 1. The van der Waals surface area contributed by atoms with Crippen LogP contribution in [0.4, 0.5) is 5.69 Å². The van der Waals surface area contributed by atoms with Crippen LogP contribution < -0.4 is 5.43 Å². The van der Waals surface area contributed by atoms with Crippen LogP contribution in [0.5, 0.6) is 0 Å². The normalized spacial score (nSPS) is 15.9.